The molecule has 3 nitrogen and oxygen atoms in total. The molecular weight excluding hydrogens is 214 g/mol. The van der Waals surface area contributed by atoms with Gasteiger partial charge in [-0.2, -0.15) is 0 Å². The predicted octanol–water partition coefficient (Wildman–Crippen LogP) is 2.52. The number of aromatic nitrogens is 1. The van der Waals surface area contributed by atoms with Crippen LogP contribution < -0.4 is 0 Å². The average molecular weight is 229 g/mol. The van der Waals surface area contributed by atoms with Gasteiger partial charge in [0.1, 0.15) is 6.10 Å². The third-order valence-electron chi connectivity index (χ3n) is 3.34. The summed E-state index contributed by atoms with van der Waals surface area (Å²) in [6, 6.07) is 10.6. The maximum Gasteiger partial charge on any atom is 0.302 e. The molecule has 17 heavy (non-hydrogen) atoms. The van der Waals surface area contributed by atoms with E-state index in [9.17, 15) is 4.79 Å². The quantitative estimate of drug-likeness (QED) is 0.703. The average Bonchev–Trinajstić information content (AvgIpc) is 2.66. The van der Waals surface area contributed by atoms with E-state index in [2.05, 4.69) is 28.8 Å². The number of benzene rings is 1. The van der Waals surface area contributed by atoms with Crippen LogP contribution >= 0.6 is 0 Å². The number of rotatable bonds is 1. The molecule has 1 atom stereocenters. The first-order chi connectivity index (χ1) is 8.24. The Labute approximate surface area is 100.0 Å². The van der Waals surface area contributed by atoms with Crippen LogP contribution in [0, 0.1) is 0 Å². The monoisotopic (exact) mass is 229 g/mol. The smallest absolute Gasteiger partial charge is 0.302 e. The van der Waals surface area contributed by atoms with Crippen molar-refractivity contribution in [3.05, 3.63) is 36.0 Å². The van der Waals surface area contributed by atoms with Gasteiger partial charge in [-0.3, -0.25) is 4.79 Å². The SMILES string of the molecule is CC(=O)OC1CCc2cc3ccccc3n2C1. The summed E-state index contributed by atoms with van der Waals surface area (Å²) in [7, 11) is 0. The molecule has 0 saturated heterocycles. The molecule has 2 aromatic rings. The number of carbonyl (C=O) groups excluding carboxylic acids is 1. The Morgan fingerprint density at radius 1 is 1.41 bits per heavy atom. The normalized spacial score (nSPS) is 19.0. The van der Waals surface area contributed by atoms with Gasteiger partial charge < -0.3 is 9.30 Å². The Kier molecular flexibility index (Phi) is 2.39. The summed E-state index contributed by atoms with van der Waals surface area (Å²) in [5.74, 6) is -0.185. The molecule has 0 saturated carbocycles. The van der Waals surface area contributed by atoms with Crippen molar-refractivity contribution in [2.75, 3.05) is 0 Å². The minimum Gasteiger partial charge on any atom is -0.461 e. The number of hydrogen-bond acceptors (Lipinski definition) is 2. The fourth-order valence-corrected chi connectivity index (χ4v) is 2.62. The summed E-state index contributed by atoms with van der Waals surface area (Å²) in [6.45, 7) is 2.26. The highest BCUT2D eigenvalue weighted by Crippen LogP contribution is 2.26. The highest BCUT2D eigenvalue weighted by Gasteiger charge is 2.22. The molecule has 1 unspecified atom stereocenters. The first kappa shape index (κ1) is 10.4. The number of ether oxygens (including phenoxy) is 1. The van der Waals surface area contributed by atoms with Gasteiger partial charge in [0.15, 0.2) is 0 Å². The number of nitrogens with zero attached hydrogens (tertiary/aromatic N) is 1. The molecule has 3 heteroatoms. The molecule has 1 aromatic heterocycles. The van der Waals surface area contributed by atoms with Crippen LogP contribution in [0.25, 0.3) is 10.9 Å². The van der Waals surface area contributed by atoms with Crippen molar-refractivity contribution in [2.45, 2.75) is 32.4 Å². The van der Waals surface area contributed by atoms with Gasteiger partial charge in [-0.15, -0.1) is 0 Å². The minimum atomic E-state index is -0.185. The highest BCUT2D eigenvalue weighted by atomic mass is 16.5. The third-order valence-corrected chi connectivity index (χ3v) is 3.34. The number of aryl methyl sites for hydroxylation is 1. The summed E-state index contributed by atoms with van der Waals surface area (Å²) in [6.07, 6.45) is 1.93. The van der Waals surface area contributed by atoms with Crippen molar-refractivity contribution in [3.63, 3.8) is 0 Å². The van der Waals surface area contributed by atoms with Gasteiger partial charge in [-0.25, -0.2) is 0 Å². The zero-order valence-electron chi connectivity index (χ0n) is 9.85. The second-order valence-electron chi connectivity index (χ2n) is 4.58. The lowest BCUT2D eigenvalue weighted by Gasteiger charge is -2.24. The fraction of sp³-hybridized carbons (Fsp3) is 0.357. The second-order valence-corrected chi connectivity index (χ2v) is 4.58. The minimum absolute atomic E-state index is 0.0239. The molecule has 3 rings (SSSR count). The Balaban J connectivity index is 1.97. The first-order valence-corrected chi connectivity index (χ1v) is 5.98. The van der Waals surface area contributed by atoms with Crippen LogP contribution in [0.4, 0.5) is 0 Å². The van der Waals surface area contributed by atoms with E-state index < -0.39 is 0 Å². The number of fused-ring (bicyclic) bond motifs is 3. The summed E-state index contributed by atoms with van der Waals surface area (Å²) in [5.41, 5.74) is 2.58. The van der Waals surface area contributed by atoms with Gasteiger partial charge in [0.25, 0.3) is 0 Å². The van der Waals surface area contributed by atoms with Gasteiger partial charge in [0, 0.05) is 18.1 Å². The van der Waals surface area contributed by atoms with Crippen LogP contribution in [0.2, 0.25) is 0 Å². The van der Waals surface area contributed by atoms with Gasteiger partial charge in [0.2, 0.25) is 0 Å². The molecule has 1 aromatic carbocycles. The second kappa shape index (κ2) is 3.91. The van der Waals surface area contributed by atoms with Crippen molar-refractivity contribution in [1.82, 2.24) is 4.57 Å². The van der Waals surface area contributed by atoms with Gasteiger partial charge >= 0.3 is 5.97 Å². The van der Waals surface area contributed by atoms with Gasteiger partial charge in [-0.1, -0.05) is 18.2 Å². The molecule has 0 bridgehead atoms. The summed E-state index contributed by atoms with van der Waals surface area (Å²) < 4.78 is 7.58. The molecule has 0 N–H and O–H groups in total. The molecule has 1 aliphatic heterocycles. The molecule has 2 heterocycles. The van der Waals surface area contributed by atoms with Crippen molar-refractivity contribution in [1.29, 1.82) is 0 Å². The van der Waals surface area contributed by atoms with Crippen molar-refractivity contribution in [2.24, 2.45) is 0 Å². The highest BCUT2D eigenvalue weighted by molar-refractivity contribution is 5.81. The van der Waals surface area contributed by atoms with Crippen LogP contribution in [0.3, 0.4) is 0 Å². The molecule has 0 amide bonds. The third kappa shape index (κ3) is 1.82. The zero-order chi connectivity index (χ0) is 11.8. The lowest BCUT2D eigenvalue weighted by atomic mass is 10.1. The Morgan fingerprint density at radius 3 is 3.06 bits per heavy atom. The number of para-hydroxylation sites is 1. The summed E-state index contributed by atoms with van der Waals surface area (Å²) in [4.78, 5) is 11.0. The van der Waals surface area contributed by atoms with E-state index in [0.717, 1.165) is 19.4 Å². The summed E-state index contributed by atoms with van der Waals surface area (Å²) in [5, 5.41) is 1.27. The standard InChI is InChI=1S/C14H15NO2/c1-10(16)17-13-7-6-12-8-11-4-2-3-5-14(11)15(12)9-13/h2-5,8,13H,6-7,9H2,1H3. The molecule has 0 spiro atoms. The Bertz CT molecular complexity index is 571. The van der Waals surface area contributed by atoms with E-state index in [-0.39, 0.29) is 12.1 Å². The van der Waals surface area contributed by atoms with E-state index in [0.29, 0.717) is 0 Å². The Morgan fingerprint density at radius 2 is 2.24 bits per heavy atom. The zero-order valence-corrected chi connectivity index (χ0v) is 9.85. The van der Waals surface area contributed by atoms with E-state index in [1.165, 1.54) is 23.5 Å². The molecule has 1 aliphatic rings. The van der Waals surface area contributed by atoms with Crippen molar-refractivity contribution >= 4 is 16.9 Å². The van der Waals surface area contributed by atoms with E-state index >= 15 is 0 Å². The van der Waals surface area contributed by atoms with Crippen molar-refractivity contribution < 1.29 is 9.53 Å². The molecule has 0 radical (unpaired) electrons. The van der Waals surface area contributed by atoms with E-state index in [1.807, 2.05) is 6.07 Å². The fourth-order valence-electron chi connectivity index (χ4n) is 2.62. The van der Waals surface area contributed by atoms with E-state index in [4.69, 9.17) is 4.74 Å². The number of hydrogen-bond donors (Lipinski definition) is 0. The van der Waals surface area contributed by atoms with Crippen LogP contribution in [0.5, 0.6) is 0 Å². The number of carbonyl (C=O) groups is 1. The van der Waals surface area contributed by atoms with Crippen LogP contribution in [-0.2, 0) is 22.5 Å². The molecular formula is C14H15NO2. The van der Waals surface area contributed by atoms with Gasteiger partial charge in [-0.05, 0) is 30.4 Å². The lowest BCUT2D eigenvalue weighted by molar-refractivity contribution is -0.147. The van der Waals surface area contributed by atoms with E-state index in [1.54, 1.807) is 0 Å². The maximum absolute atomic E-state index is 11.0. The topological polar surface area (TPSA) is 31.2 Å². The van der Waals surface area contributed by atoms with Crippen LogP contribution in [0.15, 0.2) is 30.3 Å². The largest absolute Gasteiger partial charge is 0.461 e. The molecule has 88 valence electrons. The summed E-state index contributed by atoms with van der Waals surface area (Å²) >= 11 is 0. The number of esters is 1. The predicted molar refractivity (Wildman–Crippen MR) is 65.8 cm³/mol. The maximum atomic E-state index is 11.0. The Hall–Kier alpha value is -1.77. The molecule has 0 fully saturated rings. The van der Waals surface area contributed by atoms with Crippen molar-refractivity contribution in [3.8, 4) is 0 Å². The van der Waals surface area contributed by atoms with Crippen LogP contribution in [-0.4, -0.2) is 16.6 Å². The lowest BCUT2D eigenvalue weighted by Crippen LogP contribution is -2.28. The molecule has 0 aliphatic carbocycles. The first-order valence-electron chi connectivity index (χ1n) is 5.98. The van der Waals surface area contributed by atoms with Crippen LogP contribution in [0.1, 0.15) is 19.0 Å². The van der Waals surface area contributed by atoms with Gasteiger partial charge in [0.05, 0.1) is 6.54 Å².